The lowest BCUT2D eigenvalue weighted by Crippen LogP contribution is -2.34. The van der Waals surface area contributed by atoms with E-state index in [1.807, 2.05) is 10.6 Å². The van der Waals surface area contributed by atoms with Crippen LogP contribution in [-0.2, 0) is 19.4 Å². The zero-order chi connectivity index (χ0) is 12.5. The number of nitrogens with one attached hydrogen (secondary N) is 1. The highest BCUT2D eigenvalue weighted by molar-refractivity contribution is 5.25. The van der Waals surface area contributed by atoms with Gasteiger partial charge in [0, 0.05) is 30.9 Å². The molecule has 0 spiro atoms. The number of nitrogens with zero attached hydrogens (tertiary/aromatic N) is 1. The Bertz CT molecular complexity index is 488. The summed E-state index contributed by atoms with van der Waals surface area (Å²) in [5.41, 5.74) is 2.82. The van der Waals surface area contributed by atoms with Gasteiger partial charge in [-0.1, -0.05) is 6.07 Å². The van der Waals surface area contributed by atoms with E-state index in [0.29, 0.717) is 6.04 Å². The molecule has 98 valence electrons. The van der Waals surface area contributed by atoms with E-state index >= 15 is 0 Å². The molecule has 1 fully saturated rings. The van der Waals surface area contributed by atoms with Crippen LogP contribution >= 0.6 is 0 Å². The lowest BCUT2D eigenvalue weighted by atomic mass is 10.2. The Morgan fingerprint density at radius 1 is 1.39 bits per heavy atom. The normalized spacial score (nSPS) is 19.8. The Labute approximate surface area is 108 Å². The number of aryl methyl sites for hydroxylation is 1. The molecule has 2 aliphatic carbocycles. The predicted octanol–water partition coefficient (Wildman–Crippen LogP) is 1.73. The van der Waals surface area contributed by atoms with Gasteiger partial charge < -0.3 is 9.88 Å². The highest BCUT2D eigenvalue weighted by atomic mass is 16.1. The second-order valence-corrected chi connectivity index (χ2v) is 5.73. The van der Waals surface area contributed by atoms with Crippen molar-refractivity contribution in [2.75, 3.05) is 6.54 Å². The maximum atomic E-state index is 11.9. The van der Waals surface area contributed by atoms with E-state index in [0.717, 1.165) is 31.8 Å². The van der Waals surface area contributed by atoms with Crippen molar-refractivity contribution in [3.05, 3.63) is 33.7 Å². The van der Waals surface area contributed by atoms with Crippen LogP contribution in [0.25, 0.3) is 0 Å². The molecule has 1 unspecified atom stereocenters. The highest BCUT2D eigenvalue weighted by Gasteiger charge is 2.27. The van der Waals surface area contributed by atoms with Crippen LogP contribution in [0.5, 0.6) is 0 Å². The summed E-state index contributed by atoms with van der Waals surface area (Å²) in [7, 11) is 0. The maximum absolute atomic E-state index is 11.9. The Morgan fingerprint density at radius 2 is 2.22 bits per heavy atom. The van der Waals surface area contributed by atoms with E-state index in [1.165, 1.54) is 30.5 Å². The van der Waals surface area contributed by atoms with Gasteiger partial charge >= 0.3 is 0 Å². The summed E-state index contributed by atoms with van der Waals surface area (Å²) in [6, 6.07) is 4.35. The molecule has 1 atom stereocenters. The Hall–Kier alpha value is -1.09. The van der Waals surface area contributed by atoms with E-state index in [9.17, 15) is 4.79 Å². The van der Waals surface area contributed by atoms with Crippen molar-refractivity contribution in [1.29, 1.82) is 0 Å². The third-order valence-electron chi connectivity index (χ3n) is 4.38. The van der Waals surface area contributed by atoms with E-state index < -0.39 is 0 Å². The van der Waals surface area contributed by atoms with Gasteiger partial charge in [-0.15, -0.1) is 0 Å². The van der Waals surface area contributed by atoms with Crippen molar-refractivity contribution in [2.24, 2.45) is 5.92 Å². The lowest BCUT2D eigenvalue weighted by Gasteiger charge is -2.15. The van der Waals surface area contributed by atoms with Gasteiger partial charge in [0.25, 0.3) is 5.56 Å². The number of aromatic nitrogens is 1. The second kappa shape index (κ2) is 4.88. The van der Waals surface area contributed by atoms with Crippen molar-refractivity contribution in [1.82, 2.24) is 9.88 Å². The molecule has 3 heteroatoms. The van der Waals surface area contributed by atoms with Gasteiger partial charge in [-0.3, -0.25) is 4.79 Å². The highest BCUT2D eigenvalue weighted by Crippen LogP contribution is 2.32. The minimum Gasteiger partial charge on any atom is -0.312 e. The van der Waals surface area contributed by atoms with Crippen LogP contribution in [0.2, 0.25) is 0 Å². The third-order valence-corrected chi connectivity index (χ3v) is 4.38. The molecule has 0 aliphatic heterocycles. The predicted molar refractivity (Wildman–Crippen MR) is 72.9 cm³/mol. The number of pyridine rings is 1. The van der Waals surface area contributed by atoms with Crippen molar-refractivity contribution in [2.45, 2.75) is 51.6 Å². The van der Waals surface area contributed by atoms with Crippen LogP contribution in [0.1, 0.15) is 37.4 Å². The van der Waals surface area contributed by atoms with Gasteiger partial charge in [0.05, 0.1) is 0 Å². The average molecular weight is 246 g/mol. The van der Waals surface area contributed by atoms with E-state index in [4.69, 9.17) is 0 Å². The van der Waals surface area contributed by atoms with Crippen LogP contribution in [0.15, 0.2) is 16.9 Å². The maximum Gasteiger partial charge on any atom is 0.250 e. The van der Waals surface area contributed by atoms with E-state index in [2.05, 4.69) is 12.2 Å². The van der Waals surface area contributed by atoms with Gasteiger partial charge in [0.2, 0.25) is 0 Å². The molecule has 3 rings (SSSR count). The fraction of sp³-hybridized carbons (Fsp3) is 0.667. The first kappa shape index (κ1) is 12.0. The van der Waals surface area contributed by atoms with Crippen molar-refractivity contribution >= 4 is 0 Å². The summed E-state index contributed by atoms with van der Waals surface area (Å²) in [5, 5.41) is 3.55. The molecule has 1 saturated carbocycles. The summed E-state index contributed by atoms with van der Waals surface area (Å²) in [4.78, 5) is 11.9. The summed E-state index contributed by atoms with van der Waals surface area (Å²) in [6.45, 7) is 3.99. The van der Waals surface area contributed by atoms with Gasteiger partial charge in [0.15, 0.2) is 0 Å². The topological polar surface area (TPSA) is 34.0 Å². The lowest BCUT2D eigenvalue weighted by molar-refractivity contribution is 0.468. The largest absolute Gasteiger partial charge is 0.312 e. The van der Waals surface area contributed by atoms with Crippen LogP contribution in [-0.4, -0.2) is 17.2 Å². The van der Waals surface area contributed by atoms with Gasteiger partial charge in [-0.2, -0.15) is 0 Å². The van der Waals surface area contributed by atoms with E-state index in [-0.39, 0.29) is 5.56 Å². The quantitative estimate of drug-likeness (QED) is 0.858. The minimum absolute atomic E-state index is 0.163. The summed E-state index contributed by atoms with van der Waals surface area (Å²) < 4.78 is 1.98. The standard InChI is InChI=1S/C15H22N2O/c1-11(12-5-6-12)16-9-10-17-14-4-2-3-13(14)7-8-15(17)18/h7-8,11-12,16H,2-6,9-10H2,1H3. The molecule has 0 aromatic carbocycles. The minimum atomic E-state index is 0.163. The molecule has 2 aliphatic rings. The molecule has 0 bridgehead atoms. The van der Waals surface area contributed by atoms with E-state index in [1.54, 1.807) is 6.07 Å². The Morgan fingerprint density at radius 3 is 3.00 bits per heavy atom. The number of fused-ring (bicyclic) bond motifs is 1. The molecule has 18 heavy (non-hydrogen) atoms. The molecular formula is C15H22N2O. The molecule has 1 aromatic heterocycles. The zero-order valence-electron chi connectivity index (χ0n) is 11.1. The van der Waals surface area contributed by atoms with Gasteiger partial charge in [-0.05, 0) is 50.5 Å². The second-order valence-electron chi connectivity index (χ2n) is 5.73. The first-order chi connectivity index (χ1) is 8.75. The Balaban J connectivity index is 1.65. The van der Waals surface area contributed by atoms with Crippen molar-refractivity contribution in [3.8, 4) is 0 Å². The molecule has 3 nitrogen and oxygen atoms in total. The van der Waals surface area contributed by atoms with Crippen molar-refractivity contribution < 1.29 is 0 Å². The van der Waals surface area contributed by atoms with Crippen molar-refractivity contribution in [3.63, 3.8) is 0 Å². The Kier molecular flexibility index (Phi) is 3.25. The third kappa shape index (κ3) is 2.37. The molecule has 0 radical (unpaired) electrons. The van der Waals surface area contributed by atoms with Gasteiger partial charge in [0.1, 0.15) is 0 Å². The van der Waals surface area contributed by atoms with Gasteiger partial charge in [-0.25, -0.2) is 0 Å². The fourth-order valence-corrected chi connectivity index (χ4v) is 3.05. The first-order valence-electron chi connectivity index (χ1n) is 7.20. The summed E-state index contributed by atoms with van der Waals surface area (Å²) in [5.74, 6) is 0.878. The summed E-state index contributed by atoms with van der Waals surface area (Å²) >= 11 is 0. The molecule has 1 heterocycles. The molecule has 1 aromatic rings. The SMILES string of the molecule is CC(NCCn1c2c(ccc1=O)CCC2)C1CC1. The monoisotopic (exact) mass is 246 g/mol. The summed E-state index contributed by atoms with van der Waals surface area (Å²) in [6.07, 6.45) is 6.15. The van der Waals surface area contributed by atoms with Crippen LogP contribution < -0.4 is 10.9 Å². The number of rotatable bonds is 5. The first-order valence-corrected chi connectivity index (χ1v) is 7.20. The van der Waals surface area contributed by atoms with Crippen LogP contribution in [0.4, 0.5) is 0 Å². The fourth-order valence-electron chi connectivity index (χ4n) is 3.05. The molecular weight excluding hydrogens is 224 g/mol. The molecule has 1 N–H and O–H groups in total. The number of hydrogen-bond donors (Lipinski definition) is 1. The van der Waals surface area contributed by atoms with Crippen LogP contribution in [0.3, 0.4) is 0 Å². The zero-order valence-corrected chi connectivity index (χ0v) is 11.1. The smallest absolute Gasteiger partial charge is 0.250 e. The number of hydrogen-bond acceptors (Lipinski definition) is 2. The molecule has 0 saturated heterocycles. The van der Waals surface area contributed by atoms with Crippen LogP contribution in [0, 0.1) is 5.92 Å². The molecule has 0 amide bonds. The average Bonchev–Trinajstić information content (AvgIpc) is 3.10.